The van der Waals surface area contributed by atoms with E-state index in [0.717, 1.165) is 23.7 Å². The minimum atomic E-state index is 0.0865. The Labute approximate surface area is 158 Å². The van der Waals surface area contributed by atoms with Crippen LogP contribution in [0, 0.1) is 13.8 Å². The molecular formula is C19H25N5OS. The van der Waals surface area contributed by atoms with E-state index in [0.29, 0.717) is 19.0 Å². The Balaban J connectivity index is 1.48. The molecule has 0 saturated carbocycles. The number of nitrogens with zero attached hydrogens (tertiary/aromatic N) is 3. The molecule has 26 heavy (non-hydrogen) atoms. The van der Waals surface area contributed by atoms with Crippen molar-refractivity contribution in [1.29, 1.82) is 0 Å². The highest BCUT2D eigenvalue weighted by atomic mass is 32.1. The lowest BCUT2D eigenvalue weighted by molar-refractivity contribution is -0.130. The average molecular weight is 372 g/mol. The summed E-state index contributed by atoms with van der Waals surface area (Å²) in [6.07, 6.45) is 0.914. The second-order valence-electron chi connectivity index (χ2n) is 6.36. The smallest absolute Gasteiger partial charge is 0.242 e. The van der Waals surface area contributed by atoms with Crippen LogP contribution in [-0.4, -0.2) is 41.9 Å². The highest BCUT2D eigenvalue weighted by Gasteiger charge is 2.20. The van der Waals surface area contributed by atoms with Gasteiger partial charge in [-0.3, -0.25) is 9.79 Å². The summed E-state index contributed by atoms with van der Waals surface area (Å²) in [7, 11) is 1.70. The van der Waals surface area contributed by atoms with E-state index >= 15 is 0 Å². The zero-order valence-electron chi connectivity index (χ0n) is 15.5. The number of amides is 1. The SMILES string of the molecule is CN=C(NCC(=O)N1CCc2ccccc2C1)NCc1nc(C)c(C)s1. The minimum Gasteiger partial charge on any atom is -0.350 e. The first-order chi connectivity index (χ1) is 12.6. The number of thiazole rings is 1. The van der Waals surface area contributed by atoms with Crippen LogP contribution >= 0.6 is 11.3 Å². The number of nitrogens with one attached hydrogen (secondary N) is 2. The molecule has 0 fully saturated rings. The number of aromatic nitrogens is 1. The van der Waals surface area contributed by atoms with E-state index in [9.17, 15) is 4.79 Å². The number of carbonyl (C=O) groups excluding carboxylic acids is 1. The molecule has 1 amide bonds. The molecule has 138 valence electrons. The molecular weight excluding hydrogens is 346 g/mol. The van der Waals surface area contributed by atoms with Gasteiger partial charge in [0.05, 0.1) is 18.8 Å². The van der Waals surface area contributed by atoms with E-state index < -0.39 is 0 Å². The zero-order chi connectivity index (χ0) is 18.5. The lowest BCUT2D eigenvalue weighted by Crippen LogP contribution is -2.45. The number of rotatable bonds is 4. The maximum absolute atomic E-state index is 12.5. The number of fused-ring (bicyclic) bond motifs is 1. The van der Waals surface area contributed by atoms with E-state index in [4.69, 9.17) is 0 Å². The molecule has 2 aromatic rings. The van der Waals surface area contributed by atoms with Crippen LogP contribution < -0.4 is 10.6 Å². The number of carbonyl (C=O) groups is 1. The van der Waals surface area contributed by atoms with Gasteiger partial charge < -0.3 is 15.5 Å². The fraction of sp³-hybridized carbons (Fsp3) is 0.421. The Hall–Kier alpha value is -2.41. The Morgan fingerprint density at radius 2 is 2.04 bits per heavy atom. The second kappa shape index (κ2) is 8.31. The molecule has 0 saturated heterocycles. The first kappa shape index (κ1) is 18.4. The normalized spacial score (nSPS) is 14.1. The maximum Gasteiger partial charge on any atom is 0.242 e. The topological polar surface area (TPSA) is 69.6 Å². The summed E-state index contributed by atoms with van der Waals surface area (Å²) in [5.41, 5.74) is 3.65. The number of guanidine groups is 1. The van der Waals surface area contributed by atoms with Crippen LogP contribution in [0.1, 0.15) is 26.7 Å². The van der Waals surface area contributed by atoms with Gasteiger partial charge in [-0.2, -0.15) is 0 Å². The van der Waals surface area contributed by atoms with Gasteiger partial charge in [-0.15, -0.1) is 11.3 Å². The predicted molar refractivity (Wildman–Crippen MR) is 105 cm³/mol. The minimum absolute atomic E-state index is 0.0865. The van der Waals surface area contributed by atoms with Crippen LogP contribution in [0.5, 0.6) is 0 Å². The van der Waals surface area contributed by atoms with Crippen molar-refractivity contribution < 1.29 is 4.79 Å². The Kier molecular flexibility index (Phi) is 5.88. The third-order valence-corrected chi connectivity index (χ3v) is 5.67. The van der Waals surface area contributed by atoms with Crippen LogP contribution in [0.3, 0.4) is 0 Å². The van der Waals surface area contributed by atoms with Crippen molar-refractivity contribution >= 4 is 23.2 Å². The average Bonchev–Trinajstić information content (AvgIpc) is 2.99. The maximum atomic E-state index is 12.5. The molecule has 1 aliphatic heterocycles. The van der Waals surface area contributed by atoms with E-state index in [1.807, 2.05) is 17.9 Å². The molecule has 0 radical (unpaired) electrons. The van der Waals surface area contributed by atoms with E-state index in [1.54, 1.807) is 18.4 Å². The van der Waals surface area contributed by atoms with Crippen molar-refractivity contribution in [3.05, 3.63) is 51.0 Å². The fourth-order valence-corrected chi connectivity index (χ4v) is 3.85. The summed E-state index contributed by atoms with van der Waals surface area (Å²) < 4.78 is 0. The predicted octanol–water partition coefficient (Wildman–Crippen LogP) is 2.01. The highest BCUT2D eigenvalue weighted by Crippen LogP contribution is 2.18. The number of hydrogen-bond donors (Lipinski definition) is 2. The molecule has 0 unspecified atom stereocenters. The van der Waals surface area contributed by atoms with Gasteiger partial charge >= 0.3 is 0 Å². The Morgan fingerprint density at radius 1 is 1.27 bits per heavy atom. The summed E-state index contributed by atoms with van der Waals surface area (Å²) in [5, 5.41) is 7.34. The highest BCUT2D eigenvalue weighted by molar-refractivity contribution is 7.11. The third kappa shape index (κ3) is 4.40. The van der Waals surface area contributed by atoms with Crippen molar-refractivity contribution in [3.8, 4) is 0 Å². The lowest BCUT2D eigenvalue weighted by Gasteiger charge is -2.29. The summed E-state index contributed by atoms with van der Waals surface area (Å²) in [4.78, 5) is 24.3. The van der Waals surface area contributed by atoms with Crippen molar-refractivity contribution in [2.45, 2.75) is 33.4 Å². The van der Waals surface area contributed by atoms with E-state index in [-0.39, 0.29) is 12.5 Å². The standard InChI is InChI=1S/C19H25N5OS/c1-13-14(2)26-17(23-13)10-21-19(20-3)22-11-18(25)24-9-8-15-6-4-5-7-16(15)12-24/h4-7H,8-12H2,1-3H3,(H2,20,21,22). The van der Waals surface area contributed by atoms with Crippen LogP contribution in [0.2, 0.25) is 0 Å². The largest absolute Gasteiger partial charge is 0.350 e. The van der Waals surface area contributed by atoms with Crippen LogP contribution in [0.4, 0.5) is 0 Å². The molecule has 2 heterocycles. The van der Waals surface area contributed by atoms with Gasteiger partial charge in [-0.25, -0.2) is 4.98 Å². The van der Waals surface area contributed by atoms with Crippen LogP contribution in [0.25, 0.3) is 0 Å². The lowest BCUT2D eigenvalue weighted by atomic mass is 10.00. The molecule has 6 nitrogen and oxygen atoms in total. The molecule has 1 aliphatic rings. The molecule has 3 rings (SSSR count). The summed E-state index contributed by atoms with van der Waals surface area (Å²) in [5.74, 6) is 0.699. The number of hydrogen-bond acceptors (Lipinski definition) is 4. The van der Waals surface area contributed by atoms with Crippen LogP contribution in [0.15, 0.2) is 29.3 Å². The van der Waals surface area contributed by atoms with Crippen molar-refractivity contribution in [2.75, 3.05) is 20.1 Å². The number of benzene rings is 1. The number of aliphatic imine (C=N–C) groups is 1. The van der Waals surface area contributed by atoms with Crippen molar-refractivity contribution in [2.24, 2.45) is 4.99 Å². The first-order valence-electron chi connectivity index (χ1n) is 8.79. The molecule has 0 aliphatic carbocycles. The van der Waals surface area contributed by atoms with Gasteiger partial charge in [0, 0.05) is 25.0 Å². The van der Waals surface area contributed by atoms with Gasteiger partial charge in [0.25, 0.3) is 0 Å². The van der Waals surface area contributed by atoms with Crippen molar-refractivity contribution in [3.63, 3.8) is 0 Å². The summed E-state index contributed by atoms with van der Waals surface area (Å²) >= 11 is 1.68. The van der Waals surface area contributed by atoms with Gasteiger partial charge in [0.2, 0.25) is 5.91 Å². The second-order valence-corrected chi connectivity index (χ2v) is 7.65. The van der Waals surface area contributed by atoms with Gasteiger partial charge in [0.15, 0.2) is 5.96 Å². The quantitative estimate of drug-likeness (QED) is 0.637. The van der Waals surface area contributed by atoms with E-state index in [2.05, 4.69) is 45.7 Å². The monoisotopic (exact) mass is 371 g/mol. The Morgan fingerprint density at radius 3 is 2.73 bits per heavy atom. The molecule has 1 aromatic heterocycles. The molecule has 0 atom stereocenters. The summed E-state index contributed by atoms with van der Waals surface area (Å²) in [6, 6.07) is 8.32. The molecule has 0 spiro atoms. The molecule has 0 bridgehead atoms. The molecule has 7 heteroatoms. The molecule has 2 N–H and O–H groups in total. The van der Waals surface area contributed by atoms with Gasteiger partial charge in [0.1, 0.15) is 5.01 Å². The third-order valence-electron chi connectivity index (χ3n) is 4.59. The fourth-order valence-electron chi connectivity index (χ4n) is 2.97. The van der Waals surface area contributed by atoms with Gasteiger partial charge in [-0.05, 0) is 31.4 Å². The van der Waals surface area contributed by atoms with Crippen LogP contribution in [-0.2, 0) is 24.3 Å². The summed E-state index contributed by atoms with van der Waals surface area (Å²) in [6.45, 7) is 6.36. The van der Waals surface area contributed by atoms with Gasteiger partial charge in [-0.1, -0.05) is 24.3 Å². The van der Waals surface area contributed by atoms with E-state index in [1.165, 1.54) is 16.0 Å². The van der Waals surface area contributed by atoms with Crippen molar-refractivity contribution in [1.82, 2.24) is 20.5 Å². The Bertz CT molecular complexity index is 795. The molecule has 1 aromatic carbocycles. The zero-order valence-corrected chi connectivity index (χ0v) is 16.3. The first-order valence-corrected chi connectivity index (χ1v) is 9.60. The number of aryl methyl sites for hydroxylation is 2.